The summed E-state index contributed by atoms with van der Waals surface area (Å²) in [4.78, 5) is 10.2. The molecule has 0 aliphatic carbocycles. The molecule has 0 aromatic rings. The largest absolute Gasteiger partial charge is 0.343 e. The lowest BCUT2D eigenvalue weighted by atomic mass is 10.6. The lowest BCUT2D eigenvalue weighted by Gasteiger charge is -1.89. The number of rotatable bonds is 2. The van der Waals surface area contributed by atoms with E-state index < -0.39 is 0 Å². The fraction of sp³-hybridized carbons (Fsp3) is 0.250. The van der Waals surface area contributed by atoms with Crippen LogP contribution in [0.5, 0.6) is 0 Å². The van der Waals surface area contributed by atoms with Crippen LogP contribution in [-0.4, -0.2) is 11.4 Å². The monoisotopic (exact) mass is 163 g/mol. The molecular weight excluding hydrogens is 158 g/mol. The van der Waals surface area contributed by atoms with Gasteiger partial charge in [-0.15, -0.1) is 0 Å². The first-order valence-electron chi connectivity index (χ1n) is 1.77. The number of carbonyl (C=O) groups excluding carboxylic acids is 1. The predicted molar refractivity (Wildman–Crippen MR) is 32.1 cm³/mol. The normalized spacial score (nSPS) is 7.57. The molecule has 3 heteroatoms. The van der Waals surface area contributed by atoms with E-state index in [1.165, 1.54) is 6.08 Å². The molecule has 0 aliphatic heterocycles. The van der Waals surface area contributed by atoms with E-state index in [0.29, 0.717) is 5.45 Å². The van der Waals surface area contributed by atoms with Gasteiger partial charge < -0.3 is 5.32 Å². The van der Waals surface area contributed by atoms with Crippen molar-refractivity contribution in [2.45, 2.75) is 0 Å². The minimum absolute atomic E-state index is 0.156. The van der Waals surface area contributed by atoms with Gasteiger partial charge in [0.15, 0.2) is 0 Å². The topological polar surface area (TPSA) is 29.1 Å². The number of nitrogens with one attached hydrogen (secondary N) is 1. The van der Waals surface area contributed by atoms with Gasteiger partial charge in [0, 0.05) is 0 Å². The summed E-state index contributed by atoms with van der Waals surface area (Å²) in [7, 11) is 0. The van der Waals surface area contributed by atoms with Crippen LogP contribution in [0.4, 0.5) is 0 Å². The van der Waals surface area contributed by atoms with E-state index in [-0.39, 0.29) is 5.91 Å². The molecule has 1 amide bonds. The molecule has 0 saturated heterocycles. The molecule has 7 heavy (non-hydrogen) atoms. The Labute approximate surface area is 50.7 Å². The molecule has 0 unspecified atom stereocenters. The van der Waals surface area contributed by atoms with Crippen molar-refractivity contribution in [1.29, 1.82) is 0 Å². The number of halogens is 1. The molecule has 1 N–H and O–H groups in total. The van der Waals surface area contributed by atoms with E-state index in [9.17, 15) is 4.79 Å². The Balaban J connectivity index is 3.17. The first kappa shape index (κ1) is 6.69. The minimum Gasteiger partial charge on any atom is -0.343 e. The minimum atomic E-state index is -0.156. The van der Waals surface area contributed by atoms with Crippen LogP contribution in [0.1, 0.15) is 0 Å². The van der Waals surface area contributed by atoms with Gasteiger partial charge in [-0.1, -0.05) is 22.5 Å². The highest BCUT2D eigenvalue weighted by atomic mass is 79.9. The molecule has 2 nitrogen and oxygen atoms in total. The van der Waals surface area contributed by atoms with Gasteiger partial charge in [0.05, 0.1) is 5.45 Å². The van der Waals surface area contributed by atoms with Crippen molar-refractivity contribution >= 4 is 21.8 Å². The van der Waals surface area contributed by atoms with Crippen molar-refractivity contribution in [3.63, 3.8) is 0 Å². The summed E-state index contributed by atoms with van der Waals surface area (Å²) < 4.78 is 0. The van der Waals surface area contributed by atoms with E-state index in [4.69, 9.17) is 0 Å². The SMILES string of the molecule is C=CC(=O)NCBr. The molecule has 0 spiro atoms. The van der Waals surface area contributed by atoms with Crippen molar-refractivity contribution in [2.24, 2.45) is 0 Å². The number of hydrogen-bond donors (Lipinski definition) is 1. The van der Waals surface area contributed by atoms with Gasteiger partial charge in [-0.25, -0.2) is 0 Å². The van der Waals surface area contributed by atoms with Gasteiger partial charge in [-0.3, -0.25) is 4.79 Å². The van der Waals surface area contributed by atoms with Gasteiger partial charge in [-0.05, 0) is 6.08 Å². The molecule has 0 fully saturated rings. The Morgan fingerprint density at radius 2 is 2.57 bits per heavy atom. The molecule has 0 heterocycles. The van der Waals surface area contributed by atoms with Crippen molar-refractivity contribution in [2.75, 3.05) is 5.45 Å². The Hall–Kier alpha value is -0.310. The predicted octanol–water partition coefficient (Wildman–Crippen LogP) is 0.641. The summed E-state index contributed by atoms with van der Waals surface area (Å²) in [5.74, 6) is -0.156. The highest BCUT2D eigenvalue weighted by Gasteiger charge is 1.84. The van der Waals surface area contributed by atoms with Crippen LogP contribution < -0.4 is 5.32 Å². The molecule has 40 valence electrons. The highest BCUT2D eigenvalue weighted by molar-refractivity contribution is 9.09. The molecule has 0 aromatic carbocycles. The van der Waals surface area contributed by atoms with Gasteiger partial charge in [0.25, 0.3) is 0 Å². The van der Waals surface area contributed by atoms with Crippen LogP contribution >= 0.6 is 15.9 Å². The van der Waals surface area contributed by atoms with E-state index in [2.05, 4.69) is 27.8 Å². The van der Waals surface area contributed by atoms with E-state index in [1.807, 2.05) is 0 Å². The first-order valence-corrected chi connectivity index (χ1v) is 2.89. The molecule has 0 bridgehead atoms. The van der Waals surface area contributed by atoms with Gasteiger partial charge in [-0.2, -0.15) is 0 Å². The number of alkyl halides is 1. The smallest absolute Gasteiger partial charge is 0.244 e. The zero-order chi connectivity index (χ0) is 5.70. The lowest BCUT2D eigenvalue weighted by Crippen LogP contribution is -2.17. The molecule has 0 saturated carbocycles. The van der Waals surface area contributed by atoms with Gasteiger partial charge >= 0.3 is 0 Å². The van der Waals surface area contributed by atoms with Crippen molar-refractivity contribution in [3.05, 3.63) is 12.7 Å². The Bertz CT molecular complexity index is 81.8. The fourth-order valence-corrected chi connectivity index (χ4v) is 0.414. The highest BCUT2D eigenvalue weighted by Crippen LogP contribution is 1.71. The summed E-state index contributed by atoms with van der Waals surface area (Å²) in [6, 6.07) is 0. The van der Waals surface area contributed by atoms with Crippen molar-refractivity contribution in [3.8, 4) is 0 Å². The Morgan fingerprint density at radius 1 is 2.00 bits per heavy atom. The zero-order valence-electron chi connectivity index (χ0n) is 3.78. The standard InChI is InChI=1S/C4H6BrNO/c1-2-4(7)6-3-5/h2H,1,3H2,(H,6,7). The third-order valence-electron chi connectivity index (χ3n) is 0.426. The molecular formula is C4H6BrNO. The van der Waals surface area contributed by atoms with Crippen molar-refractivity contribution in [1.82, 2.24) is 5.32 Å². The van der Waals surface area contributed by atoms with Crippen LogP contribution in [0.25, 0.3) is 0 Å². The van der Waals surface area contributed by atoms with Crippen molar-refractivity contribution < 1.29 is 4.79 Å². The van der Waals surface area contributed by atoms with E-state index in [0.717, 1.165) is 0 Å². The summed E-state index contributed by atoms with van der Waals surface area (Å²) in [6.07, 6.45) is 1.22. The zero-order valence-corrected chi connectivity index (χ0v) is 5.36. The quantitative estimate of drug-likeness (QED) is 0.362. The summed E-state index contributed by atoms with van der Waals surface area (Å²) in [5.41, 5.74) is 0.484. The second-order valence-corrected chi connectivity index (χ2v) is 1.44. The molecule has 0 radical (unpaired) electrons. The van der Waals surface area contributed by atoms with Gasteiger partial charge in [0.2, 0.25) is 5.91 Å². The summed E-state index contributed by atoms with van der Waals surface area (Å²) in [6.45, 7) is 3.25. The average molecular weight is 164 g/mol. The summed E-state index contributed by atoms with van der Waals surface area (Å²) in [5, 5.41) is 2.45. The van der Waals surface area contributed by atoms with Crippen LogP contribution in [0, 0.1) is 0 Å². The fourth-order valence-electron chi connectivity index (χ4n) is 0.138. The maximum atomic E-state index is 10.2. The molecule has 0 aliphatic rings. The maximum absolute atomic E-state index is 10.2. The Kier molecular flexibility index (Phi) is 3.69. The first-order chi connectivity index (χ1) is 3.31. The number of carbonyl (C=O) groups is 1. The van der Waals surface area contributed by atoms with Crippen LogP contribution in [0.2, 0.25) is 0 Å². The summed E-state index contributed by atoms with van der Waals surface area (Å²) >= 11 is 3.01. The third kappa shape index (κ3) is 3.52. The second-order valence-electron chi connectivity index (χ2n) is 0.879. The lowest BCUT2D eigenvalue weighted by molar-refractivity contribution is -0.116. The van der Waals surface area contributed by atoms with Crippen LogP contribution in [-0.2, 0) is 4.79 Å². The number of amides is 1. The molecule has 0 atom stereocenters. The second kappa shape index (κ2) is 3.87. The Morgan fingerprint density at radius 3 is 2.71 bits per heavy atom. The number of hydrogen-bond acceptors (Lipinski definition) is 1. The van der Waals surface area contributed by atoms with Crippen LogP contribution in [0.3, 0.4) is 0 Å². The third-order valence-corrected chi connectivity index (χ3v) is 0.707. The molecule has 0 aromatic heterocycles. The van der Waals surface area contributed by atoms with E-state index in [1.54, 1.807) is 0 Å². The average Bonchev–Trinajstić information content (AvgIpc) is 1.68. The molecule has 0 rings (SSSR count). The van der Waals surface area contributed by atoms with E-state index >= 15 is 0 Å². The van der Waals surface area contributed by atoms with Crippen LogP contribution in [0.15, 0.2) is 12.7 Å². The van der Waals surface area contributed by atoms with Gasteiger partial charge in [0.1, 0.15) is 0 Å². The maximum Gasteiger partial charge on any atom is 0.244 e.